The highest BCUT2D eigenvalue weighted by Gasteiger charge is 2.18. The molecule has 0 aliphatic rings. The summed E-state index contributed by atoms with van der Waals surface area (Å²) < 4.78 is 5.23. The van der Waals surface area contributed by atoms with Gasteiger partial charge < -0.3 is 15.8 Å². The average molecular weight is 301 g/mol. The zero-order valence-corrected chi connectivity index (χ0v) is 13.3. The van der Waals surface area contributed by atoms with Crippen molar-refractivity contribution in [1.29, 1.82) is 0 Å². The molecule has 1 unspecified atom stereocenters. The number of nitrogens with one attached hydrogen (secondary N) is 1. The van der Waals surface area contributed by atoms with Gasteiger partial charge >= 0.3 is 6.09 Å². The van der Waals surface area contributed by atoms with Crippen molar-refractivity contribution in [2.45, 2.75) is 32.3 Å². The fraction of sp³-hybridized carbons (Fsp3) is 0.412. The van der Waals surface area contributed by atoms with Crippen molar-refractivity contribution in [2.75, 3.05) is 13.1 Å². The van der Waals surface area contributed by atoms with Crippen LogP contribution in [0.3, 0.4) is 0 Å². The molecule has 22 heavy (non-hydrogen) atoms. The van der Waals surface area contributed by atoms with Gasteiger partial charge in [-0.15, -0.1) is 0 Å². The summed E-state index contributed by atoms with van der Waals surface area (Å²) in [6.45, 7) is 6.35. The van der Waals surface area contributed by atoms with Crippen LogP contribution < -0.4 is 11.1 Å². The Morgan fingerprint density at radius 3 is 2.77 bits per heavy atom. The van der Waals surface area contributed by atoms with Crippen molar-refractivity contribution in [3.05, 3.63) is 42.1 Å². The van der Waals surface area contributed by atoms with E-state index in [0.717, 1.165) is 16.5 Å². The first-order valence-electron chi connectivity index (χ1n) is 7.40. The van der Waals surface area contributed by atoms with E-state index >= 15 is 0 Å². The number of pyridine rings is 1. The van der Waals surface area contributed by atoms with Crippen molar-refractivity contribution in [2.24, 2.45) is 5.73 Å². The van der Waals surface area contributed by atoms with Crippen LogP contribution in [0.2, 0.25) is 0 Å². The zero-order valence-electron chi connectivity index (χ0n) is 13.3. The van der Waals surface area contributed by atoms with Gasteiger partial charge in [0.15, 0.2) is 0 Å². The van der Waals surface area contributed by atoms with E-state index in [2.05, 4.69) is 16.4 Å². The Kier molecular flexibility index (Phi) is 4.98. The summed E-state index contributed by atoms with van der Waals surface area (Å²) in [4.78, 5) is 16.2. The third-order valence-electron chi connectivity index (χ3n) is 3.26. The smallest absolute Gasteiger partial charge is 0.407 e. The molecule has 118 valence electrons. The summed E-state index contributed by atoms with van der Waals surface area (Å²) in [5.74, 6) is 0.00428. The maximum atomic E-state index is 11.7. The highest BCUT2D eigenvalue weighted by atomic mass is 16.6. The molecular weight excluding hydrogens is 278 g/mol. The normalized spacial score (nSPS) is 12.9. The number of hydrogen-bond donors (Lipinski definition) is 2. The number of hydrogen-bond acceptors (Lipinski definition) is 4. The van der Waals surface area contributed by atoms with Crippen molar-refractivity contribution in [1.82, 2.24) is 10.3 Å². The van der Waals surface area contributed by atoms with Gasteiger partial charge in [-0.25, -0.2) is 4.79 Å². The van der Waals surface area contributed by atoms with Crippen molar-refractivity contribution < 1.29 is 9.53 Å². The predicted molar refractivity (Wildman–Crippen MR) is 87.8 cm³/mol. The first-order valence-corrected chi connectivity index (χ1v) is 7.40. The van der Waals surface area contributed by atoms with Crippen LogP contribution in [-0.4, -0.2) is 29.8 Å². The predicted octanol–water partition coefficient (Wildman–Crippen LogP) is 2.80. The molecule has 1 aromatic carbocycles. The maximum absolute atomic E-state index is 11.7. The molecule has 0 fully saturated rings. The molecule has 2 rings (SSSR count). The number of alkyl carbamates (subject to hydrolysis) is 1. The van der Waals surface area contributed by atoms with Gasteiger partial charge in [-0.05, 0) is 38.5 Å². The van der Waals surface area contributed by atoms with Crippen LogP contribution in [0.4, 0.5) is 4.79 Å². The van der Waals surface area contributed by atoms with Gasteiger partial charge in [-0.2, -0.15) is 0 Å². The summed E-state index contributed by atoms with van der Waals surface area (Å²) in [5.41, 5.74) is 7.29. The summed E-state index contributed by atoms with van der Waals surface area (Å²) in [6, 6.07) is 9.98. The molecule has 0 aliphatic heterocycles. The monoisotopic (exact) mass is 301 g/mol. The molecule has 0 spiro atoms. The van der Waals surface area contributed by atoms with Gasteiger partial charge in [0.05, 0.1) is 5.52 Å². The summed E-state index contributed by atoms with van der Waals surface area (Å²) in [7, 11) is 0. The van der Waals surface area contributed by atoms with E-state index in [9.17, 15) is 4.79 Å². The van der Waals surface area contributed by atoms with Crippen LogP contribution >= 0.6 is 0 Å². The zero-order chi connectivity index (χ0) is 16.2. The van der Waals surface area contributed by atoms with Crippen molar-refractivity contribution in [3.63, 3.8) is 0 Å². The molecule has 5 heteroatoms. The van der Waals surface area contributed by atoms with E-state index in [-0.39, 0.29) is 5.92 Å². The van der Waals surface area contributed by atoms with E-state index in [0.29, 0.717) is 13.1 Å². The van der Waals surface area contributed by atoms with Gasteiger partial charge in [0.25, 0.3) is 0 Å². The van der Waals surface area contributed by atoms with Gasteiger partial charge in [-0.1, -0.05) is 18.2 Å². The molecule has 1 atom stereocenters. The Labute approximate surface area is 130 Å². The first-order chi connectivity index (χ1) is 10.4. The van der Waals surface area contributed by atoms with E-state index in [1.54, 1.807) is 0 Å². The van der Waals surface area contributed by atoms with Crippen LogP contribution in [0.1, 0.15) is 32.3 Å². The van der Waals surface area contributed by atoms with E-state index in [4.69, 9.17) is 10.5 Å². The lowest BCUT2D eigenvalue weighted by molar-refractivity contribution is 0.0525. The highest BCUT2D eigenvalue weighted by Crippen LogP contribution is 2.19. The van der Waals surface area contributed by atoms with Crippen LogP contribution in [0.5, 0.6) is 0 Å². The first kappa shape index (κ1) is 16.2. The highest BCUT2D eigenvalue weighted by molar-refractivity contribution is 5.78. The van der Waals surface area contributed by atoms with Gasteiger partial charge in [0.1, 0.15) is 5.60 Å². The molecule has 0 radical (unpaired) electrons. The lowest BCUT2D eigenvalue weighted by Gasteiger charge is -2.21. The molecule has 0 saturated heterocycles. The number of amides is 1. The largest absolute Gasteiger partial charge is 0.444 e. The fourth-order valence-electron chi connectivity index (χ4n) is 2.17. The minimum Gasteiger partial charge on any atom is -0.444 e. The topological polar surface area (TPSA) is 77.2 Å². The van der Waals surface area contributed by atoms with E-state index in [1.165, 1.54) is 0 Å². The molecule has 0 aliphatic carbocycles. The number of nitrogens with two attached hydrogens (primary N) is 1. The number of para-hydroxylation sites is 1. The summed E-state index contributed by atoms with van der Waals surface area (Å²) in [6.07, 6.45) is 1.39. The Morgan fingerprint density at radius 1 is 1.36 bits per heavy atom. The molecule has 1 aromatic heterocycles. The van der Waals surface area contributed by atoms with Crippen LogP contribution in [0, 0.1) is 0 Å². The second-order valence-electron chi connectivity index (χ2n) is 6.28. The van der Waals surface area contributed by atoms with E-state index < -0.39 is 11.7 Å². The fourth-order valence-corrected chi connectivity index (χ4v) is 2.17. The maximum Gasteiger partial charge on any atom is 0.407 e. The molecular formula is C17H23N3O2. The number of nitrogens with zero attached hydrogens (tertiary/aromatic N) is 1. The minimum atomic E-state index is -0.507. The number of rotatable bonds is 4. The number of aromatic nitrogens is 1. The average Bonchev–Trinajstić information content (AvgIpc) is 2.46. The third kappa shape index (κ3) is 4.43. The second kappa shape index (κ2) is 6.75. The lowest BCUT2D eigenvalue weighted by Crippen LogP contribution is -2.36. The van der Waals surface area contributed by atoms with Crippen LogP contribution in [-0.2, 0) is 4.74 Å². The molecule has 0 bridgehead atoms. The van der Waals surface area contributed by atoms with Gasteiger partial charge in [-0.3, -0.25) is 4.98 Å². The molecule has 3 N–H and O–H groups in total. The third-order valence-corrected chi connectivity index (χ3v) is 3.26. The minimum absolute atomic E-state index is 0.00428. The molecule has 1 heterocycles. The second-order valence-corrected chi connectivity index (χ2v) is 6.28. The SMILES string of the molecule is CC(C)(C)OC(=O)NCC(CN)c1cnc2ccccc2c1. The molecule has 0 saturated carbocycles. The Morgan fingerprint density at radius 2 is 2.09 bits per heavy atom. The Hall–Kier alpha value is -2.14. The summed E-state index contributed by atoms with van der Waals surface area (Å²) in [5, 5.41) is 3.83. The number of fused-ring (bicyclic) bond motifs is 1. The molecule has 5 nitrogen and oxygen atoms in total. The Balaban J connectivity index is 2.05. The number of carbonyl (C=O) groups is 1. The molecule has 1 amide bonds. The van der Waals surface area contributed by atoms with Gasteiger partial charge in [0.2, 0.25) is 0 Å². The Bertz CT molecular complexity index is 650. The quantitative estimate of drug-likeness (QED) is 0.910. The van der Waals surface area contributed by atoms with Crippen molar-refractivity contribution in [3.8, 4) is 0 Å². The van der Waals surface area contributed by atoms with Crippen LogP contribution in [0.15, 0.2) is 36.5 Å². The number of ether oxygens (including phenoxy) is 1. The molecule has 2 aromatic rings. The standard InChI is InChI=1S/C17H23N3O2/c1-17(2,3)22-16(21)20-11-14(9-18)13-8-12-6-4-5-7-15(12)19-10-13/h4-8,10,14H,9,11,18H2,1-3H3,(H,20,21). The van der Waals surface area contributed by atoms with Crippen LogP contribution in [0.25, 0.3) is 10.9 Å². The summed E-state index contributed by atoms with van der Waals surface area (Å²) >= 11 is 0. The van der Waals surface area contributed by atoms with Gasteiger partial charge in [0, 0.05) is 30.6 Å². The number of benzene rings is 1. The lowest BCUT2D eigenvalue weighted by atomic mass is 9.99. The number of carbonyl (C=O) groups excluding carboxylic acids is 1. The van der Waals surface area contributed by atoms with Crippen molar-refractivity contribution >= 4 is 17.0 Å². The van der Waals surface area contributed by atoms with E-state index in [1.807, 2.05) is 51.2 Å².